The molecule has 0 unspecified atom stereocenters. The van der Waals surface area contributed by atoms with Gasteiger partial charge in [0.05, 0.1) is 7.11 Å². The molecular formula is C16H16O. The Morgan fingerprint density at radius 1 is 1.06 bits per heavy atom. The number of allylic oxidation sites excluding steroid dienone is 7. The van der Waals surface area contributed by atoms with E-state index in [2.05, 4.69) is 43.4 Å². The fourth-order valence-electron chi connectivity index (χ4n) is 1.67. The van der Waals surface area contributed by atoms with E-state index in [0.717, 1.165) is 5.75 Å². The molecular weight excluding hydrogens is 208 g/mol. The zero-order valence-electron chi connectivity index (χ0n) is 10.2. The molecule has 0 aliphatic heterocycles. The second kappa shape index (κ2) is 5.35. The molecule has 0 bridgehead atoms. The lowest BCUT2D eigenvalue weighted by Crippen LogP contribution is -1.81. The molecule has 86 valence electrons. The molecule has 0 N–H and O–H groups in total. The molecule has 0 saturated carbocycles. The van der Waals surface area contributed by atoms with Crippen LogP contribution in [0.25, 0.3) is 6.08 Å². The molecule has 1 heteroatoms. The summed E-state index contributed by atoms with van der Waals surface area (Å²) in [5, 5.41) is 0. The monoisotopic (exact) mass is 224 g/mol. The lowest BCUT2D eigenvalue weighted by atomic mass is 10.1. The summed E-state index contributed by atoms with van der Waals surface area (Å²) >= 11 is 0. The zero-order valence-corrected chi connectivity index (χ0v) is 10.2. The maximum absolute atomic E-state index is 5.12. The van der Waals surface area contributed by atoms with E-state index in [0.29, 0.717) is 0 Å². The molecule has 1 aliphatic rings. The molecule has 0 spiro atoms. The van der Waals surface area contributed by atoms with Crippen molar-refractivity contribution in [3.8, 4) is 5.75 Å². The molecule has 0 saturated heterocycles. The molecule has 0 radical (unpaired) electrons. The quantitative estimate of drug-likeness (QED) is 0.749. The lowest BCUT2D eigenvalue weighted by molar-refractivity contribution is 0.415. The highest BCUT2D eigenvalue weighted by Crippen LogP contribution is 2.16. The fourth-order valence-corrected chi connectivity index (χ4v) is 1.67. The largest absolute Gasteiger partial charge is 0.497 e. The number of rotatable bonds is 3. The van der Waals surface area contributed by atoms with Gasteiger partial charge in [-0.25, -0.2) is 0 Å². The summed E-state index contributed by atoms with van der Waals surface area (Å²) in [5.41, 5.74) is 3.72. The van der Waals surface area contributed by atoms with Crippen molar-refractivity contribution in [1.82, 2.24) is 0 Å². The highest BCUT2D eigenvalue weighted by atomic mass is 16.5. The normalized spacial score (nSPS) is 13.6. The van der Waals surface area contributed by atoms with Gasteiger partial charge in [0.2, 0.25) is 0 Å². The molecule has 1 aromatic carbocycles. The smallest absolute Gasteiger partial charge is 0.118 e. The second-order valence-corrected chi connectivity index (χ2v) is 3.96. The van der Waals surface area contributed by atoms with Crippen molar-refractivity contribution in [2.45, 2.75) is 6.92 Å². The van der Waals surface area contributed by atoms with Gasteiger partial charge in [0.1, 0.15) is 5.75 Å². The van der Waals surface area contributed by atoms with E-state index in [4.69, 9.17) is 4.74 Å². The van der Waals surface area contributed by atoms with Gasteiger partial charge in [-0.2, -0.15) is 0 Å². The van der Waals surface area contributed by atoms with Crippen molar-refractivity contribution in [2.24, 2.45) is 0 Å². The average Bonchev–Trinajstić information content (AvgIpc) is 2.90. The van der Waals surface area contributed by atoms with Crippen LogP contribution in [0.3, 0.4) is 0 Å². The molecule has 0 atom stereocenters. The maximum atomic E-state index is 5.12. The summed E-state index contributed by atoms with van der Waals surface area (Å²) in [6.45, 7) is 2.12. The number of hydrogen-bond acceptors (Lipinski definition) is 1. The van der Waals surface area contributed by atoms with Crippen molar-refractivity contribution in [3.63, 3.8) is 0 Å². The molecule has 0 fully saturated rings. The third kappa shape index (κ3) is 2.97. The van der Waals surface area contributed by atoms with Crippen LogP contribution in [-0.2, 0) is 0 Å². The summed E-state index contributed by atoms with van der Waals surface area (Å²) < 4.78 is 5.12. The van der Waals surface area contributed by atoms with E-state index >= 15 is 0 Å². The van der Waals surface area contributed by atoms with Crippen LogP contribution in [0.15, 0.2) is 65.8 Å². The second-order valence-electron chi connectivity index (χ2n) is 3.96. The Labute approximate surface area is 102 Å². The SMILES string of the molecule is COc1ccc(C=CC(C)=C2C=CC=C2)cc1. The van der Waals surface area contributed by atoms with E-state index < -0.39 is 0 Å². The standard InChI is InChI=1S/C16H16O/c1-13(15-5-3-4-6-15)7-8-14-9-11-16(17-2)12-10-14/h3-12H,1-2H3. The Balaban J connectivity index is 2.12. The summed E-state index contributed by atoms with van der Waals surface area (Å²) in [5.74, 6) is 0.888. The Kier molecular flexibility index (Phi) is 3.61. The summed E-state index contributed by atoms with van der Waals surface area (Å²) in [6.07, 6.45) is 12.6. The Morgan fingerprint density at radius 2 is 1.71 bits per heavy atom. The summed E-state index contributed by atoms with van der Waals surface area (Å²) in [6, 6.07) is 8.04. The first-order chi connectivity index (χ1) is 8.29. The molecule has 17 heavy (non-hydrogen) atoms. The van der Waals surface area contributed by atoms with Crippen LogP contribution in [-0.4, -0.2) is 7.11 Å². The highest BCUT2D eigenvalue weighted by molar-refractivity contribution is 5.56. The van der Waals surface area contributed by atoms with Gasteiger partial charge in [-0.3, -0.25) is 0 Å². The minimum atomic E-state index is 0.888. The number of hydrogen-bond donors (Lipinski definition) is 0. The van der Waals surface area contributed by atoms with E-state index in [1.54, 1.807) is 7.11 Å². The van der Waals surface area contributed by atoms with Gasteiger partial charge in [-0.15, -0.1) is 0 Å². The predicted molar refractivity (Wildman–Crippen MR) is 73.0 cm³/mol. The third-order valence-corrected chi connectivity index (χ3v) is 2.76. The Bertz CT molecular complexity index is 485. The summed E-state index contributed by atoms with van der Waals surface area (Å²) in [7, 11) is 1.68. The van der Waals surface area contributed by atoms with Crippen LogP contribution in [0.2, 0.25) is 0 Å². The maximum Gasteiger partial charge on any atom is 0.118 e. The van der Waals surface area contributed by atoms with E-state index in [9.17, 15) is 0 Å². The minimum Gasteiger partial charge on any atom is -0.497 e. The number of methoxy groups -OCH3 is 1. The van der Waals surface area contributed by atoms with Gasteiger partial charge in [0.25, 0.3) is 0 Å². The third-order valence-electron chi connectivity index (χ3n) is 2.76. The van der Waals surface area contributed by atoms with Crippen LogP contribution in [0.1, 0.15) is 12.5 Å². The van der Waals surface area contributed by atoms with Gasteiger partial charge in [0.15, 0.2) is 0 Å². The van der Waals surface area contributed by atoms with Gasteiger partial charge < -0.3 is 4.74 Å². The van der Waals surface area contributed by atoms with Crippen molar-refractivity contribution >= 4 is 6.08 Å². The van der Waals surface area contributed by atoms with Crippen molar-refractivity contribution in [3.05, 3.63) is 71.4 Å². The van der Waals surface area contributed by atoms with Gasteiger partial charge in [0, 0.05) is 0 Å². The minimum absolute atomic E-state index is 0.888. The van der Waals surface area contributed by atoms with Crippen LogP contribution in [0.4, 0.5) is 0 Å². The highest BCUT2D eigenvalue weighted by Gasteiger charge is 1.95. The van der Waals surface area contributed by atoms with Crippen LogP contribution in [0.5, 0.6) is 5.75 Å². The molecule has 2 rings (SSSR count). The van der Waals surface area contributed by atoms with Crippen molar-refractivity contribution in [2.75, 3.05) is 7.11 Å². The first kappa shape index (κ1) is 11.5. The lowest BCUT2D eigenvalue weighted by Gasteiger charge is -2.00. The van der Waals surface area contributed by atoms with E-state index in [1.807, 2.05) is 24.3 Å². The van der Waals surface area contributed by atoms with Crippen LogP contribution in [0, 0.1) is 0 Å². The number of benzene rings is 1. The van der Waals surface area contributed by atoms with Crippen LogP contribution >= 0.6 is 0 Å². The predicted octanol–water partition coefficient (Wildman–Crippen LogP) is 4.15. The van der Waals surface area contributed by atoms with Crippen LogP contribution < -0.4 is 4.74 Å². The Morgan fingerprint density at radius 3 is 2.29 bits per heavy atom. The molecule has 1 aromatic rings. The topological polar surface area (TPSA) is 9.23 Å². The summed E-state index contributed by atoms with van der Waals surface area (Å²) in [4.78, 5) is 0. The van der Waals surface area contributed by atoms with Crippen molar-refractivity contribution in [1.29, 1.82) is 0 Å². The molecule has 0 amide bonds. The van der Waals surface area contributed by atoms with E-state index in [1.165, 1.54) is 16.7 Å². The average molecular weight is 224 g/mol. The van der Waals surface area contributed by atoms with E-state index in [-0.39, 0.29) is 0 Å². The molecule has 0 aromatic heterocycles. The van der Waals surface area contributed by atoms with Gasteiger partial charge in [-0.05, 0) is 35.8 Å². The molecule has 1 aliphatic carbocycles. The molecule has 1 nitrogen and oxygen atoms in total. The van der Waals surface area contributed by atoms with Gasteiger partial charge >= 0.3 is 0 Å². The van der Waals surface area contributed by atoms with Crippen molar-refractivity contribution < 1.29 is 4.74 Å². The zero-order chi connectivity index (χ0) is 12.1. The number of ether oxygens (including phenoxy) is 1. The molecule has 0 heterocycles. The first-order valence-corrected chi connectivity index (χ1v) is 5.67. The Hall–Kier alpha value is -2.02. The van der Waals surface area contributed by atoms with Gasteiger partial charge in [-0.1, -0.05) is 48.6 Å². The first-order valence-electron chi connectivity index (χ1n) is 5.67. The fraction of sp³-hybridized carbons (Fsp3) is 0.125.